The first-order chi connectivity index (χ1) is 5.10. The van der Waals surface area contributed by atoms with Gasteiger partial charge in [0.05, 0.1) is 0 Å². The fraction of sp³-hybridized carbons (Fsp3) is 0.667. The second-order valence-corrected chi connectivity index (χ2v) is 3.19. The zero-order valence-corrected chi connectivity index (χ0v) is 7.05. The lowest BCUT2D eigenvalue weighted by molar-refractivity contribution is -0.130. The Bertz CT molecular complexity index is 216. The van der Waals surface area contributed by atoms with Crippen LogP contribution in [0.2, 0.25) is 0 Å². The van der Waals surface area contributed by atoms with Gasteiger partial charge >= 0.3 is 0 Å². The van der Waals surface area contributed by atoms with Crippen molar-refractivity contribution < 1.29 is 4.79 Å². The minimum absolute atomic E-state index is 0.0861. The number of hydrogen-bond acceptors (Lipinski definition) is 1. The molecule has 0 saturated carbocycles. The first-order valence-corrected chi connectivity index (χ1v) is 3.86. The third-order valence-corrected chi connectivity index (χ3v) is 2.33. The summed E-state index contributed by atoms with van der Waals surface area (Å²) >= 11 is 0. The molecule has 2 heteroatoms. The molecule has 1 saturated heterocycles. The number of hydrogen-bond donors (Lipinski definition) is 0. The van der Waals surface area contributed by atoms with E-state index in [0.717, 1.165) is 19.4 Å². The summed E-state index contributed by atoms with van der Waals surface area (Å²) in [6.45, 7) is 4.33. The molecular weight excluding hydrogens is 138 g/mol. The maximum absolute atomic E-state index is 11.1. The summed E-state index contributed by atoms with van der Waals surface area (Å²) in [5.41, 5.74) is -0.314. The highest BCUT2D eigenvalue weighted by atomic mass is 16.2. The van der Waals surface area contributed by atoms with Gasteiger partial charge in [0, 0.05) is 13.5 Å². The number of likely N-dealkylation sites (tertiary alicyclic amines) is 1. The minimum Gasteiger partial charge on any atom is -0.327 e. The van der Waals surface area contributed by atoms with Crippen LogP contribution in [0.3, 0.4) is 0 Å². The van der Waals surface area contributed by atoms with Crippen molar-refractivity contribution in [3.05, 3.63) is 0 Å². The third kappa shape index (κ3) is 1.23. The van der Waals surface area contributed by atoms with E-state index < -0.39 is 0 Å². The van der Waals surface area contributed by atoms with Crippen molar-refractivity contribution >= 4 is 5.91 Å². The van der Waals surface area contributed by atoms with Gasteiger partial charge in [-0.05, 0) is 19.8 Å². The Morgan fingerprint density at radius 2 is 2.36 bits per heavy atom. The topological polar surface area (TPSA) is 20.3 Å². The van der Waals surface area contributed by atoms with Crippen molar-refractivity contribution in [3.63, 3.8) is 0 Å². The number of carbonyl (C=O) groups is 1. The molecule has 1 aliphatic heterocycles. The lowest BCUT2D eigenvalue weighted by atomic mass is 10.0. The Hall–Kier alpha value is -0.970. The Morgan fingerprint density at radius 3 is 2.73 bits per heavy atom. The monoisotopic (exact) mass is 151 g/mol. The van der Waals surface area contributed by atoms with E-state index in [1.807, 2.05) is 6.92 Å². The fourth-order valence-corrected chi connectivity index (χ4v) is 1.62. The van der Waals surface area contributed by atoms with E-state index in [1.54, 1.807) is 11.8 Å². The molecule has 1 rings (SSSR count). The molecular formula is C9H13NO. The van der Waals surface area contributed by atoms with E-state index in [0.29, 0.717) is 0 Å². The number of terminal acetylenes is 1. The largest absolute Gasteiger partial charge is 0.327 e. The Kier molecular flexibility index (Phi) is 1.90. The van der Waals surface area contributed by atoms with Crippen LogP contribution in [0.1, 0.15) is 26.7 Å². The molecule has 0 radical (unpaired) electrons. The van der Waals surface area contributed by atoms with Crippen molar-refractivity contribution in [1.29, 1.82) is 0 Å². The Labute approximate surface area is 67.6 Å². The molecule has 0 aromatic rings. The predicted molar refractivity (Wildman–Crippen MR) is 43.9 cm³/mol. The minimum atomic E-state index is -0.314. The molecule has 1 atom stereocenters. The molecule has 11 heavy (non-hydrogen) atoms. The summed E-state index contributed by atoms with van der Waals surface area (Å²) in [6.07, 6.45) is 7.31. The summed E-state index contributed by atoms with van der Waals surface area (Å²) in [5, 5.41) is 0. The normalized spacial score (nSPS) is 30.1. The summed E-state index contributed by atoms with van der Waals surface area (Å²) in [6, 6.07) is 0. The molecule has 2 nitrogen and oxygen atoms in total. The quantitative estimate of drug-likeness (QED) is 0.473. The molecule has 1 aliphatic rings. The second kappa shape index (κ2) is 2.58. The van der Waals surface area contributed by atoms with Gasteiger partial charge in [-0.1, -0.05) is 5.92 Å². The highest BCUT2D eigenvalue weighted by molar-refractivity contribution is 5.75. The highest BCUT2D eigenvalue weighted by Gasteiger charge is 2.36. The maximum Gasteiger partial charge on any atom is 0.220 e. The van der Waals surface area contributed by atoms with Gasteiger partial charge in [0.1, 0.15) is 5.54 Å². The van der Waals surface area contributed by atoms with Crippen molar-refractivity contribution in [2.45, 2.75) is 32.2 Å². The van der Waals surface area contributed by atoms with Crippen LogP contribution >= 0.6 is 0 Å². The molecule has 0 aliphatic carbocycles. The van der Waals surface area contributed by atoms with Gasteiger partial charge in [-0.3, -0.25) is 4.79 Å². The molecule has 0 N–H and O–H groups in total. The van der Waals surface area contributed by atoms with Crippen LogP contribution in [-0.2, 0) is 4.79 Å². The lowest BCUT2D eigenvalue weighted by Gasteiger charge is -2.29. The van der Waals surface area contributed by atoms with E-state index in [1.165, 1.54) is 0 Å². The molecule has 1 fully saturated rings. The van der Waals surface area contributed by atoms with Gasteiger partial charge in [0.15, 0.2) is 0 Å². The smallest absolute Gasteiger partial charge is 0.220 e. The third-order valence-electron chi connectivity index (χ3n) is 2.33. The number of nitrogens with zero attached hydrogens (tertiary/aromatic N) is 1. The summed E-state index contributed by atoms with van der Waals surface area (Å²) < 4.78 is 0. The first-order valence-electron chi connectivity index (χ1n) is 3.86. The Balaban J connectivity index is 2.82. The zero-order valence-electron chi connectivity index (χ0n) is 7.05. The van der Waals surface area contributed by atoms with E-state index in [2.05, 4.69) is 5.92 Å². The van der Waals surface area contributed by atoms with E-state index in [9.17, 15) is 4.79 Å². The van der Waals surface area contributed by atoms with Gasteiger partial charge in [-0.15, -0.1) is 6.42 Å². The van der Waals surface area contributed by atoms with Gasteiger partial charge < -0.3 is 4.90 Å². The van der Waals surface area contributed by atoms with Crippen LogP contribution in [0.25, 0.3) is 0 Å². The number of amides is 1. The van der Waals surface area contributed by atoms with E-state index in [-0.39, 0.29) is 11.4 Å². The van der Waals surface area contributed by atoms with Crippen molar-refractivity contribution in [2.75, 3.05) is 6.54 Å². The average molecular weight is 151 g/mol. The van der Waals surface area contributed by atoms with Crippen molar-refractivity contribution in [3.8, 4) is 12.3 Å². The van der Waals surface area contributed by atoms with Crippen LogP contribution in [-0.4, -0.2) is 22.9 Å². The second-order valence-electron chi connectivity index (χ2n) is 3.19. The van der Waals surface area contributed by atoms with E-state index in [4.69, 9.17) is 6.42 Å². The fourth-order valence-electron chi connectivity index (χ4n) is 1.62. The summed E-state index contributed by atoms with van der Waals surface area (Å²) in [7, 11) is 0. The molecule has 1 amide bonds. The van der Waals surface area contributed by atoms with Crippen LogP contribution in [0.4, 0.5) is 0 Å². The van der Waals surface area contributed by atoms with E-state index >= 15 is 0 Å². The Morgan fingerprint density at radius 1 is 1.73 bits per heavy atom. The zero-order chi connectivity index (χ0) is 8.48. The van der Waals surface area contributed by atoms with Gasteiger partial charge in [-0.25, -0.2) is 0 Å². The van der Waals surface area contributed by atoms with Crippen LogP contribution in [0.15, 0.2) is 0 Å². The maximum atomic E-state index is 11.1. The lowest BCUT2D eigenvalue weighted by Crippen LogP contribution is -2.42. The van der Waals surface area contributed by atoms with Gasteiger partial charge in [0.2, 0.25) is 5.91 Å². The SMILES string of the molecule is C#CC1(C)CCCN1C(C)=O. The molecule has 60 valence electrons. The average Bonchev–Trinajstić information content (AvgIpc) is 2.32. The molecule has 1 heterocycles. The van der Waals surface area contributed by atoms with Crippen LogP contribution in [0, 0.1) is 12.3 Å². The number of rotatable bonds is 0. The molecule has 1 unspecified atom stereocenters. The standard InChI is InChI=1S/C9H13NO/c1-4-9(3)6-5-7-10(9)8(2)11/h1H,5-7H2,2-3H3. The predicted octanol–water partition coefficient (Wildman–Crippen LogP) is 1.02. The molecule has 0 aromatic carbocycles. The number of carbonyl (C=O) groups excluding carboxylic acids is 1. The summed E-state index contributed by atoms with van der Waals surface area (Å²) in [5.74, 6) is 2.76. The van der Waals surface area contributed by atoms with Gasteiger partial charge in [-0.2, -0.15) is 0 Å². The molecule has 0 aromatic heterocycles. The molecule has 0 bridgehead atoms. The van der Waals surface area contributed by atoms with Crippen molar-refractivity contribution in [1.82, 2.24) is 4.90 Å². The first kappa shape index (κ1) is 8.13. The van der Waals surface area contributed by atoms with Crippen molar-refractivity contribution in [2.24, 2.45) is 0 Å². The van der Waals surface area contributed by atoms with Crippen LogP contribution < -0.4 is 0 Å². The highest BCUT2D eigenvalue weighted by Crippen LogP contribution is 2.27. The van der Waals surface area contributed by atoms with Crippen LogP contribution in [0.5, 0.6) is 0 Å². The van der Waals surface area contributed by atoms with Gasteiger partial charge in [0.25, 0.3) is 0 Å². The molecule has 0 spiro atoms. The summed E-state index contributed by atoms with van der Waals surface area (Å²) in [4.78, 5) is 12.8.